The zero-order valence-electron chi connectivity index (χ0n) is 17.9. The molecule has 8 nitrogen and oxygen atoms in total. The first-order valence-electron chi connectivity index (χ1n) is 10.2. The summed E-state index contributed by atoms with van der Waals surface area (Å²) in [6.45, 7) is 4.45. The molecule has 1 unspecified atom stereocenters. The Kier molecular flexibility index (Phi) is 5.81. The van der Waals surface area contributed by atoms with Crippen molar-refractivity contribution in [1.29, 1.82) is 10.8 Å². The number of nitrogens with two attached hydrogens (primary N) is 2. The van der Waals surface area contributed by atoms with Gasteiger partial charge in [0.2, 0.25) is 0 Å². The van der Waals surface area contributed by atoms with Crippen LogP contribution in [0.1, 0.15) is 39.5 Å². The molecule has 0 aromatic carbocycles. The van der Waals surface area contributed by atoms with Gasteiger partial charge < -0.3 is 37.5 Å². The minimum absolute atomic E-state index is 0.0495. The van der Waals surface area contributed by atoms with E-state index >= 15 is 0 Å². The summed E-state index contributed by atoms with van der Waals surface area (Å²) in [6, 6.07) is 0.295. The summed E-state index contributed by atoms with van der Waals surface area (Å²) in [6.07, 6.45) is 13.2. The number of piperidine rings is 1. The quantitative estimate of drug-likeness (QED) is 0.272. The van der Waals surface area contributed by atoms with Crippen molar-refractivity contribution in [1.82, 2.24) is 15.5 Å². The third-order valence-electron chi connectivity index (χ3n) is 6.06. The molecule has 1 aliphatic carbocycles. The van der Waals surface area contributed by atoms with Crippen molar-refractivity contribution in [3.8, 4) is 0 Å². The van der Waals surface area contributed by atoms with Crippen LogP contribution < -0.4 is 22.1 Å². The second kappa shape index (κ2) is 8.02. The summed E-state index contributed by atoms with van der Waals surface area (Å²) >= 11 is 0. The van der Waals surface area contributed by atoms with E-state index < -0.39 is 0 Å². The average molecular weight is 412 g/mol. The van der Waals surface area contributed by atoms with Crippen molar-refractivity contribution in [2.24, 2.45) is 11.5 Å². The van der Waals surface area contributed by atoms with Crippen molar-refractivity contribution in [3.63, 3.8) is 0 Å². The number of nitrogens with one attached hydrogen (secondary N) is 4. The molecule has 0 bridgehead atoms. The van der Waals surface area contributed by atoms with E-state index in [0.29, 0.717) is 34.4 Å². The lowest BCUT2D eigenvalue weighted by atomic mass is 9.83. The molecule has 162 valence electrons. The predicted octanol–water partition coefficient (Wildman–Crippen LogP) is 2.11. The van der Waals surface area contributed by atoms with Gasteiger partial charge in [0.1, 0.15) is 17.3 Å². The number of aliphatic hydroxyl groups is 1. The van der Waals surface area contributed by atoms with E-state index in [0.717, 1.165) is 19.1 Å². The molecule has 0 amide bonds. The minimum Gasteiger partial charge on any atom is -0.506 e. The Morgan fingerprint density at radius 3 is 2.57 bits per heavy atom. The number of hydrogen-bond donors (Lipinski definition) is 7. The third kappa shape index (κ3) is 4.59. The van der Waals surface area contributed by atoms with Crippen LogP contribution in [0.4, 0.5) is 0 Å². The van der Waals surface area contributed by atoms with Crippen LogP contribution >= 0.6 is 0 Å². The first kappa shape index (κ1) is 21.7. The number of amidine groups is 1. The standard InChI is InChI=1S/C22H33N7O/c1-21(2)9-16(10-22(28-21)6-7-22)29(3)19(26)5-4-17(25)20-18(30)8-14(13-27-20)15(11-23)12-24/h4-5,8,11-13,16,23,26-28,30H,6-7,9-10,24-25H2,1-3H3/b5-4-,15-12+,20-17+,23-11?,26-19?. The van der Waals surface area contributed by atoms with Crippen LogP contribution in [0.25, 0.3) is 0 Å². The summed E-state index contributed by atoms with van der Waals surface area (Å²) in [5.41, 5.74) is 13.7. The van der Waals surface area contributed by atoms with Gasteiger partial charge in [-0.25, -0.2) is 0 Å². The van der Waals surface area contributed by atoms with E-state index in [2.05, 4.69) is 24.5 Å². The third-order valence-corrected chi connectivity index (χ3v) is 6.06. The molecule has 9 N–H and O–H groups in total. The van der Waals surface area contributed by atoms with Gasteiger partial charge in [-0.1, -0.05) is 0 Å². The normalized spacial score (nSPS) is 26.5. The smallest absolute Gasteiger partial charge is 0.141 e. The first-order chi connectivity index (χ1) is 14.1. The zero-order valence-corrected chi connectivity index (χ0v) is 17.9. The Labute approximate surface area is 178 Å². The lowest BCUT2D eigenvalue weighted by molar-refractivity contribution is 0.146. The molecule has 1 saturated carbocycles. The molecule has 1 atom stereocenters. The van der Waals surface area contributed by atoms with Crippen LogP contribution in [0.15, 0.2) is 58.9 Å². The van der Waals surface area contributed by atoms with Gasteiger partial charge in [0, 0.05) is 53.9 Å². The molecule has 1 saturated heterocycles. The summed E-state index contributed by atoms with van der Waals surface area (Å²) < 4.78 is 0. The van der Waals surface area contributed by atoms with Gasteiger partial charge in [0.05, 0.1) is 5.70 Å². The lowest BCUT2D eigenvalue weighted by Gasteiger charge is -2.45. The maximum atomic E-state index is 10.3. The van der Waals surface area contributed by atoms with Gasteiger partial charge in [-0.15, -0.1) is 0 Å². The Bertz CT molecular complexity index is 881. The van der Waals surface area contributed by atoms with E-state index in [9.17, 15) is 5.11 Å². The first-order valence-corrected chi connectivity index (χ1v) is 10.2. The molecular formula is C22H33N7O. The van der Waals surface area contributed by atoms with Crippen molar-refractivity contribution < 1.29 is 5.11 Å². The largest absolute Gasteiger partial charge is 0.506 e. The number of hydrogen-bond acceptors (Lipinski definition) is 7. The molecule has 3 aliphatic rings. The maximum Gasteiger partial charge on any atom is 0.141 e. The predicted molar refractivity (Wildman–Crippen MR) is 121 cm³/mol. The van der Waals surface area contributed by atoms with E-state index in [1.54, 1.807) is 18.4 Å². The zero-order chi connectivity index (χ0) is 22.1. The molecular weight excluding hydrogens is 378 g/mol. The number of allylic oxidation sites excluding steroid dienone is 4. The molecule has 2 aliphatic heterocycles. The molecule has 0 aromatic heterocycles. The topological polar surface area (TPSA) is 147 Å². The molecule has 2 heterocycles. The minimum atomic E-state index is -0.0495. The van der Waals surface area contributed by atoms with Crippen LogP contribution in [0.2, 0.25) is 0 Å². The Hall–Kier alpha value is -3.00. The van der Waals surface area contributed by atoms with Crippen molar-refractivity contribution in [2.45, 2.75) is 56.7 Å². The van der Waals surface area contributed by atoms with Gasteiger partial charge in [-0.05, 0) is 57.8 Å². The van der Waals surface area contributed by atoms with E-state index in [4.69, 9.17) is 22.3 Å². The Balaban J connectivity index is 1.68. The SMILES string of the molecule is CN(C(=N)/C=C\C(N)=C1/NC=C(/C(C=N)=C/N)C=C1O)C1CC(C)(C)NC2(CC2)C1. The Morgan fingerprint density at radius 2 is 2.00 bits per heavy atom. The molecule has 8 heteroatoms. The highest BCUT2D eigenvalue weighted by molar-refractivity contribution is 5.90. The number of dihydropyridines is 1. The van der Waals surface area contributed by atoms with Gasteiger partial charge in [-0.2, -0.15) is 0 Å². The molecule has 2 fully saturated rings. The van der Waals surface area contributed by atoms with Crippen molar-refractivity contribution in [2.75, 3.05) is 7.05 Å². The number of nitrogens with zero attached hydrogens (tertiary/aromatic N) is 1. The Morgan fingerprint density at radius 1 is 1.30 bits per heavy atom. The highest BCUT2D eigenvalue weighted by Gasteiger charge is 2.51. The molecule has 30 heavy (non-hydrogen) atoms. The van der Waals surface area contributed by atoms with Gasteiger partial charge in [0.25, 0.3) is 0 Å². The second-order valence-electron chi connectivity index (χ2n) is 9.05. The molecule has 3 rings (SSSR count). The number of rotatable bonds is 5. The van der Waals surface area contributed by atoms with Crippen LogP contribution in [-0.2, 0) is 0 Å². The summed E-state index contributed by atoms with van der Waals surface area (Å²) in [4.78, 5) is 2.02. The van der Waals surface area contributed by atoms with Gasteiger partial charge >= 0.3 is 0 Å². The fraction of sp³-hybridized carbons (Fsp3) is 0.455. The van der Waals surface area contributed by atoms with Crippen LogP contribution in [-0.4, -0.2) is 46.2 Å². The van der Waals surface area contributed by atoms with Gasteiger partial charge in [-0.3, -0.25) is 5.41 Å². The molecule has 0 radical (unpaired) electrons. The molecule has 0 aromatic rings. The summed E-state index contributed by atoms with van der Waals surface area (Å²) in [7, 11) is 1.96. The van der Waals surface area contributed by atoms with E-state index in [-0.39, 0.29) is 16.8 Å². The maximum absolute atomic E-state index is 10.3. The summed E-state index contributed by atoms with van der Waals surface area (Å²) in [5, 5.41) is 32.9. The van der Waals surface area contributed by atoms with E-state index in [1.807, 2.05) is 11.9 Å². The average Bonchev–Trinajstić information content (AvgIpc) is 3.42. The number of likely N-dealkylation sites (N-methyl/N-ethyl adjacent to an activating group) is 1. The van der Waals surface area contributed by atoms with Gasteiger partial charge in [0.15, 0.2) is 0 Å². The van der Waals surface area contributed by atoms with Crippen LogP contribution in [0.5, 0.6) is 0 Å². The van der Waals surface area contributed by atoms with E-state index in [1.165, 1.54) is 25.1 Å². The highest BCUT2D eigenvalue weighted by atomic mass is 16.3. The molecule has 1 spiro atoms. The van der Waals surface area contributed by atoms with Crippen molar-refractivity contribution >= 4 is 12.1 Å². The monoisotopic (exact) mass is 411 g/mol. The van der Waals surface area contributed by atoms with Crippen LogP contribution in [0.3, 0.4) is 0 Å². The fourth-order valence-electron chi connectivity index (χ4n) is 4.36. The van der Waals surface area contributed by atoms with Crippen LogP contribution in [0, 0.1) is 10.8 Å². The van der Waals surface area contributed by atoms with Crippen molar-refractivity contribution in [3.05, 3.63) is 58.9 Å². The lowest BCUT2D eigenvalue weighted by Crippen LogP contribution is -2.59. The second-order valence-corrected chi connectivity index (χ2v) is 9.05. The highest BCUT2D eigenvalue weighted by Crippen LogP contribution is 2.46. The fourth-order valence-corrected chi connectivity index (χ4v) is 4.36. The number of aliphatic hydroxyl groups excluding tert-OH is 1. The summed E-state index contributed by atoms with van der Waals surface area (Å²) in [5.74, 6) is 0.330.